The monoisotopic (exact) mass is 842 g/mol. The van der Waals surface area contributed by atoms with Crippen LogP contribution in [0.1, 0.15) is 70.2 Å². The van der Waals surface area contributed by atoms with Gasteiger partial charge in [0.2, 0.25) is 28.9 Å². The number of carbonyl (C=O) groups excluding carboxylic acids is 2. The Bertz CT molecular complexity index is 2250. The van der Waals surface area contributed by atoms with Crippen LogP contribution >= 0.6 is 11.6 Å². The van der Waals surface area contributed by atoms with Crippen molar-refractivity contribution in [3.8, 4) is 0 Å². The number of nitrogens with zero attached hydrogens (tertiary/aromatic N) is 8. The van der Waals surface area contributed by atoms with Crippen molar-refractivity contribution in [1.29, 1.82) is 0 Å². The summed E-state index contributed by atoms with van der Waals surface area (Å²) < 4.78 is 44.4. The fourth-order valence-electron chi connectivity index (χ4n) is 7.91. The minimum absolute atomic E-state index is 0. The molecule has 2 N–H and O–H groups in total. The molecule has 0 saturated carbocycles. The first kappa shape index (κ1) is 40.9. The minimum Gasteiger partial charge on any atom is -0.440 e. The maximum atomic E-state index is 13.6. The van der Waals surface area contributed by atoms with E-state index in [0.29, 0.717) is 108 Å². The number of hydrogen-bond donors (Lipinski definition) is 2. The highest BCUT2D eigenvalue weighted by molar-refractivity contribution is 7.85. The Morgan fingerprint density at radius 2 is 1.39 bits per heavy atom. The molecule has 1 aromatic carbocycles. The molecule has 5 aliphatic heterocycles. The summed E-state index contributed by atoms with van der Waals surface area (Å²) in [5.74, 6) is 3.56. The van der Waals surface area contributed by atoms with Crippen molar-refractivity contribution < 1.29 is 26.8 Å². The van der Waals surface area contributed by atoms with E-state index in [4.69, 9.17) is 26.0 Å². The molecule has 8 heterocycles. The summed E-state index contributed by atoms with van der Waals surface area (Å²) in [6.45, 7) is 4.76. The number of hydrogen-bond acceptors (Lipinski definition) is 13. The summed E-state index contributed by atoms with van der Waals surface area (Å²) in [4.78, 5) is 52.9. The number of piperidine rings is 3. The van der Waals surface area contributed by atoms with Gasteiger partial charge in [-0.15, -0.1) is 0 Å². The molecule has 3 saturated heterocycles. The first-order valence-corrected chi connectivity index (χ1v) is 21.9. The fraction of sp³-hybridized carbons (Fsp3) is 0.553. The first-order chi connectivity index (χ1) is 26.8. The van der Waals surface area contributed by atoms with Gasteiger partial charge in [-0.05, 0) is 49.4 Å². The number of aryl methyl sites for hydroxylation is 2. The van der Waals surface area contributed by atoms with Crippen molar-refractivity contribution in [1.82, 2.24) is 34.7 Å². The molecule has 57 heavy (non-hydrogen) atoms. The van der Waals surface area contributed by atoms with Gasteiger partial charge in [-0.25, -0.2) is 19.3 Å². The average molecular weight is 843 g/mol. The molecule has 19 heteroatoms. The van der Waals surface area contributed by atoms with Crippen LogP contribution in [0, 0.1) is 5.82 Å². The van der Waals surface area contributed by atoms with Crippen LogP contribution in [0.15, 0.2) is 32.4 Å². The molecule has 0 aliphatic carbocycles. The fourth-order valence-corrected chi connectivity index (χ4v) is 10.7. The molecular weight excluding hydrogens is 795 g/mol. The summed E-state index contributed by atoms with van der Waals surface area (Å²) in [6, 6.07) is 4.57. The summed E-state index contributed by atoms with van der Waals surface area (Å²) in [5, 5.41) is 6.94. The Morgan fingerprint density at radius 3 is 1.96 bits per heavy atom. The van der Waals surface area contributed by atoms with Crippen LogP contribution in [-0.2, 0) is 49.4 Å². The van der Waals surface area contributed by atoms with Crippen molar-refractivity contribution in [2.45, 2.75) is 93.0 Å². The van der Waals surface area contributed by atoms with Crippen LogP contribution in [0.3, 0.4) is 0 Å². The number of anilines is 3. The third-order valence-electron chi connectivity index (χ3n) is 11.3. The Kier molecular flexibility index (Phi) is 11.9. The number of likely N-dealkylation sites (N-methyl/N-ethyl adjacent to an activating group) is 2. The molecule has 9 rings (SSSR count). The van der Waals surface area contributed by atoms with Gasteiger partial charge in [0.25, 0.3) is 0 Å². The van der Waals surface area contributed by atoms with Gasteiger partial charge in [-0.3, -0.25) is 18.0 Å². The van der Waals surface area contributed by atoms with E-state index in [1.165, 1.54) is 12.1 Å². The molecule has 2 unspecified atom stereocenters. The van der Waals surface area contributed by atoms with E-state index in [0.717, 1.165) is 37.1 Å². The molecule has 0 radical (unpaired) electrons. The predicted octanol–water partition coefficient (Wildman–Crippen LogP) is 4.47. The lowest BCUT2D eigenvalue weighted by Gasteiger charge is -2.37. The molecule has 15 nitrogen and oxygen atoms in total. The van der Waals surface area contributed by atoms with Gasteiger partial charge >= 0.3 is 0 Å². The molecule has 306 valence electrons. The van der Waals surface area contributed by atoms with E-state index in [9.17, 15) is 22.4 Å². The lowest BCUT2D eigenvalue weighted by atomic mass is 9.80. The highest BCUT2D eigenvalue weighted by atomic mass is 35.5. The molecular formula is C38H48ClFN10O5S2. The van der Waals surface area contributed by atoms with E-state index in [1.54, 1.807) is 22.9 Å². The highest BCUT2D eigenvalue weighted by Crippen LogP contribution is 2.38. The molecule has 3 aromatic heterocycles. The predicted molar refractivity (Wildman–Crippen MR) is 217 cm³/mol. The van der Waals surface area contributed by atoms with Crippen molar-refractivity contribution in [2.75, 3.05) is 67.3 Å². The van der Waals surface area contributed by atoms with E-state index in [-0.39, 0.29) is 47.8 Å². The van der Waals surface area contributed by atoms with Gasteiger partial charge in [-0.2, -0.15) is 9.97 Å². The second-order valence-electron chi connectivity index (χ2n) is 15.4. The van der Waals surface area contributed by atoms with Gasteiger partial charge in [0.15, 0.2) is 5.58 Å². The largest absolute Gasteiger partial charge is 0.440 e. The molecule has 4 atom stereocenters. The Balaban J connectivity index is 0.000000201. The summed E-state index contributed by atoms with van der Waals surface area (Å²) >= 11 is 5.92. The zero-order chi connectivity index (χ0) is 39.3. The van der Waals surface area contributed by atoms with E-state index in [2.05, 4.69) is 37.4 Å². The molecule has 4 aromatic rings. The second kappa shape index (κ2) is 16.5. The molecule has 0 spiro atoms. The number of fused-ring (bicyclic) bond motifs is 3. The van der Waals surface area contributed by atoms with Crippen LogP contribution in [0.25, 0.3) is 11.1 Å². The maximum absolute atomic E-state index is 13.6. The highest BCUT2D eigenvalue weighted by Gasteiger charge is 2.38. The number of carbonyl (C=O) groups is 2. The van der Waals surface area contributed by atoms with Crippen molar-refractivity contribution >= 4 is 73.7 Å². The van der Waals surface area contributed by atoms with Crippen molar-refractivity contribution in [3.63, 3.8) is 0 Å². The van der Waals surface area contributed by atoms with E-state index in [1.807, 2.05) is 7.05 Å². The Hall–Kier alpha value is -4.29. The smallest absolute Gasteiger partial charge is 0.227 e. The number of benzene rings is 1. The molecule has 2 amide bonds. The van der Waals surface area contributed by atoms with Crippen molar-refractivity contribution in [2.24, 2.45) is 0 Å². The van der Waals surface area contributed by atoms with Crippen LogP contribution < -0.4 is 15.5 Å². The van der Waals surface area contributed by atoms with E-state index >= 15 is 0 Å². The molecule has 0 bridgehead atoms. The zero-order valence-electron chi connectivity index (χ0n) is 31.5. The Morgan fingerprint density at radius 1 is 0.825 bits per heavy atom. The van der Waals surface area contributed by atoms with Gasteiger partial charge in [0, 0.05) is 101 Å². The number of nitrogens with one attached hydrogen (secondary N) is 2. The topological polar surface area (TPSA) is 180 Å². The first-order valence-electron chi connectivity index (χ1n) is 18.9. The van der Waals surface area contributed by atoms with Crippen molar-refractivity contribution in [3.05, 3.63) is 46.6 Å². The number of rotatable bonds is 6. The quantitative estimate of drug-likeness (QED) is 0.260. The normalized spacial score (nSPS) is 24.1. The van der Waals surface area contributed by atoms with Gasteiger partial charge in [0.05, 0.1) is 33.0 Å². The zero-order valence-corrected chi connectivity index (χ0v) is 33.9. The number of aromatic nitrogens is 5. The van der Waals surface area contributed by atoms with Gasteiger partial charge in [0.1, 0.15) is 32.8 Å². The summed E-state index contributed by atoms with van der Waals surface area (Å²) in [5.41, 5.74) is 2.47. The number of halogens is 2. The standard InChI is InChI=1S/C25H29FN6O3S.C12H15ClN4O2S.CH4/c1-25(23-28-18-13-15(26)3-5-19(18)35-23)8-10-32(11-9-25)24-29-17-7-12-36(34)21(17)22(30-24)27-16-4-6-20(33)31(2)14-16;1-17-6-7(2-3-9(17)18)14-11-10-8(4-5-20(10)19)15-12(13)16-11;/h3,5,13,16H,4,6-12,14H2,1-2H3,(H,27,29,30);7H,2-6H2,1H3,(H,14,15,16);1H4/t16-,36?;7-,20?;/m00./s1. The number of amides is 2. The van der Waals surface area contributed by atoms with Gasteiger partial charge < -0.3 is 29.8 Å². The third kappa shape index (κ3) is 8.49. The SMILES string of the molecule is C.CN1C[C@@H](Nc2nc(Cl)nc3c2S(=O)CC3)CCC1=O.CN1C[C@@H](Nc2nc(N3CCC(C)(c4nc5cc(F)ccc5o4)CC3)nc3c2S(=O)CC3)CCC1=O. The minimum atomic E-state index is -1.12. The van der Waals surface area contributed by atoms with Crippen LogP contribution in [-0.4, -0.2) is 119 Å². The molecule has 5 aliphatic rings. The van der Waals surface area contributed by atoms with Crippen LogP contribution in [0.4, 0.5) is 22.0 Å². The second-order valence-corrected chi connectivity index (χ2v) is 18.7. The lowest BCUT2D eigenvalue weighted by Crippen LogP contribution is -2.44. The summed E-state index contributed by atoms with van der Waals surface area (Å²) in [6.07, 6.45) is 5.37. The van der Waals surface area contributed by atoms with Gasteiger partial charge in [-0.1, -0.05) is 14.4 Å². The van der Waals surface area contributed by atoms with Crippen LogP contribution in [0.5, 0.6) is 0 Å². The maximum Gasteiger partial charge on any atom is 0.227 e. The third-order valence-corrected chi connectivity index (χ3v) is 14.4. The lowest BCUT2D eigenvalue weighted by molar-refractivity contribution is -0.132. The number of oxazole rings is 1. The van der Waals surface area contributed by atoms with E-state index < -0.39 is 21.6 Å². The van der Waals surface area contributed by atoms with Crippen LogP contribution in [0.2, 0.25) is 5.28 Å². The molecule has 3 fully saturated rings. The number of likely N-dealkylation sites (tertiary alicyclic amines) is 2. The summed E-state index contributed by atoms with van der Waals surface area (Å²) in [7, 11) is 1.40. The average Bonchev–Trinajstić information content (AvgIpc) is 3.88. The Labute approximate surface area is 340 Å².